The molecule has 0 unspecified atom stereocenters. The van der Waals surface area contributed by atoms with Crippen LogP contribution in [0.3, 0.4) is 0 Å². The number of nitrogens with one attached hydrogen (secondary N) is 1. The summed E-state index contributed by atoms with van der Waals surface area (Å²) in [7, 11) is 0. The molecule has 1 aliphatic rings. The van der Waals surface area contributed by atoms with Gasteiger partial charge in [-0.1, -0.05) is 49.4 Å². The molecule has 0 radical (unpaired) electrons. The fourth-order valence-electron chi connectivity index (χ4n) is 5.90. The van der Waals surface area contributed by atoms with E-state index in [1.165, 1.54) is 27.8 Å². The lowest BCUT2D eigenvalue weighted by Crippen LogP contribution is -2.06. The zero-order valence-electron chi connectivity index (χ0n) is 23.3. The van der Waals surface area contributed by atoms with Crippen LogP contribution >= 0.6 is 0 Å². The molecule has 41 heavy (non-hydrogen) atoms. The highest BCUT2D eigenvalue weighted by molar-refractivity contribution is 5.93. The van der Waals surface area contributed by atoms with Gasteiger partial charge in [0, 0.05) is 25.5 Å². The van der Waals surface area contributed by atoms with Crippen LogP contribution in [0.5, 0.6) is 0 Å². The van der Waals surface area contributed by atoms with E-state index >= 15 is 0 Å². The minimum atomic E-state index is 0.531. The third-order valence-electron chi connectivity index (χ3n) is 7.78. The second kappa shape index (κ2) is 10.2. The van der Waals surface area contributed by atoms with E-state index in [0.29, 0.717) is 17.6 Å². The molecule has 0 fully saturated rings. The van der Waals surface area contributed by atoms with Gasteiger partial charge in [-0.3, -0.25) is 0 Å². The van der Waals surface area contributed by atoms with Crippen LogP contribution in [0.25, 0.3) is 34.1 Å². The first-order chi connectivity index (χ1) is 20.1. The molecule has 0 spiro atoms. The lowest BCUT2D eigenvalue weighted by atomic mass is 9.92. The van der Waals surface area contributed by atoms with Crippen molar-refractivity contribution in [1.29, 1.82) is 0 Å². The number of aromatic amines is 1. The van der Waals surface area contributed by atoms with Crippen molar-refractivity contribution in [2.45, 2.75) is 53.0 Å². The number of tetrazole rings is 1. The molecule has 9 heteroatoms. The Labute approximate surface area is 237 Å². The topological polar surface area (TPSA) is 111 Å². The predicted molar refractivity (Wildman–Crippen MR) is 157 cm³/mol. The van der Waals surface area contributed by atoms with E-state index in [1.54, 1.807) is 0 Å². The van der Waals surface area contributed by atoms with Gasteiger partial charge in [0.05, 0.1) is 11.0 Å². The number of fused-ring (bicyclic) bond motifs is 3. The van der Waals surface area contributed by atoms with E-state index in [-0.39, 0.29) is 0 Å². The highest BCUT2D eigenvalue weighted by Gasteiger charge is 2.21. The number of rotatable bonds is 6. The molecule has 0 saturated heterocycles. The highest BCUT2D eigenvalue weighted by atomic mass is 16.4. The van der Waals surface area contributed by atoms with E-state index < -0.39 is 0 Å². The van der Waals surface area contributed by atoms with Gasteiger partial charge in [0.1, 0.15) is 5.82 Å². The van der Waals surface area contributed by atoms with Gasteiger partial charge in [0.2, 0.25) is 11.8 Å². The van der Waals surface area contributed by atoms with Crippen molar-refractivity contribution in [1.82, 2.24) is 40.4 Å². The zero-order valence-corrected chi connectivity index (χ0v) is 23.3. The molecule has 0 atom stereocenters. The second-order valence-electron chi connectivity index (χ2n) is 10.6. The molecule has 0 amide bonds. The minimum absolute atomic E-state index is 0.531. The van der Waals surface area contributed by atoms with Gasteiger partial charge in [-0.2, -0.15) is 0 Å². The van der Waals surface area contributed by atoms with Crippen LogP contribution in [0.15, 0.2) is 59.0 Å². The summed E-state index contributed by atoms with van der Waals surface area (Å²) in [6.07, 6.45) is 5.90. The summed E-state index contributed by atoms with van der Waals surface area (Å²) in [4.78, 5) is 5.09. The zero-order chi connectivity index (χ0) is 27.9. The molecule has 9 nitrogen and oxygen atoms in total. The summed E-state index contributed by atoms with van der Waals surface area (Å²) in [6, 6.07) is 19.7. The van der Waals surface area contributed by atoms with Crippen molar-refractivity contribution >= 4 is 22.7 Å². The summed E-state index contributed by atoms with van der Waals surface area (Å²) < 4.78 is 8.11. The standard InChI is InChI=1S/C32H30N8O/c1-4-7-30-33-31-19(2)14-24(32-37-34-20(3)41-32)16-28(31)40(30)18-21-10-13-26-23(15-21)12-11-22-8-5-6-9-25(22)27(26)17-29-35-38-39-36-29/h5-6,8-10,13-17H,4,7,11-12,18H2,1-3H3,(H,35,36,38,39). The first kappa shape index (κ1) is 25.1. The molecule has 3 heterocycles. The van der Waals surface area contributed by atoms with E-state index in [4.69, 9.17) is 9.40 Å². The molecule has 0 aliphatic heterocycles. The Balaban J connectivity index is 1.32. The Morgan fingerprint density at radius 3 is 2.61 bits per heavy atom. The number of aromatic nitrogens is 8. The summed E-state index contributed by atoms with van der Waals surface area (Å²) in [6.45, 7) is 6.83. The van der Waals surface area contributed by atoms with Gasteiger partial charge in [-0.25, -0.2) is 10.1 Å². The summed E-state index contributed by atoms with van der Waals surface area (Å²) in [5, 5.41) is 22.9. The fraction of sp³-hybridized carbons (Fsp3) is 0.250. The summed E-state index contributed by atoms with van der Waals surface area (Å²) in [5.74, 6) is 2.81. The van der Waals surface area contributed by atoms with E-state index in [0.717, 1.165) is 65.8 Å². The maximum atomic E-state index is 5.76. The van der Waals surface area contributed by atoms with Crippen molar-refractivity contribution in [3.8, 4) is 11.5 Å². The SMILES string of the molecule is CCCc1nc2c(C)cc(-c3nnc(C)o3)cc2n1Cc1ccc2c(c1)CCc1ccccc1C2=Cc1nnn[nH]1. The molecule has 1 N–H and O–H groups in total. The number of hydrogen-bond acceptors (Lipinski definition) is 7. The van der Waals surface area contributed by atoms with Crippen molar-refractivity contribution in [3.05, 3.63) is 106 Å². The molecular weight excluding hydrogens is 512 g/mol. The van der Waals surface area contributed by atoms with Gasteiger partial charge in [-0.05, 0) is 93.8 Å². The fourth-order valence-corrected chi connectivity index (χ4v) is 5.90. The third kappa shape index (κ3) is 4.63. The predicted octanol–water partition coefficient (Wildman–Crippen LogP) is 5.90. The lowest BCUT2D eigenvalue weighted by Gasteiger charge is -2.15. The van der Waals surface area contributed by atoms with Gasteiger partial charge in [0.15, 0.2) is 5.82 Å². The van der Waals surface area contributed by atoms with Crippen LogP contribution in [-0.2, 0) is 25.8 Å². The molecule has 3 aromatic heterocycles. The first-order valence-corrected chi connectivity index (χ1v) is 14.0. The van der Waals surface area contributed by atoms with Crippen molar-refractivity contribution in [2.75, 3.05) is 0 Å². The van der Waals surface area contributed by atoms with Crippen molar-refractivity contribution < 1.29 is 4.42 Å². The van der Waals surface area contributed by atoms with Crippen LogP contribution in [0.1, 0.15) is 64.3 Å². The number of nitrogens with zero attached hydrogens (tertiary/aromatic N) is 7. The largest absolute Gasteiger partial charge is 0.421 e. The molecule has 7 rings (SSSR count). The highest BCUT2D eigenvalue weighted by Crippen LogP contribution is 2.36. The van der Waals surface area contributed by atoms with Crippen LogP contribution in [0.4, 0.5) is 0 Å². The number of aryl methyl sites for hydroxylation is 5. The van der Waals surface area contributed by atoms with Crippen LogP contribution in [-0.4, -0.2) is 40.4 Å². The Morgan fingerprint density at radius 2 is 1.80 bits per heavy atom. The number of hydrogen-bond donors (Lipinski definition) is 1. The lowest BCUT2D eigenvalue weighted by molar-refractivity contribution is 0.533. The molecule has 204 valence electrons. The average molecular weight is 543 g/mol. The number of benzene rings is 3. The molecule has 1 aliphatic carbocycles. The Bertz CT molecular complexity index is 1910. The Morgan fingerprint density at radius 1 is 0.951 bits per heavy atom. The van der Waals surface area contributed by atoms with Crippen molar-refractivity contribution in [3.63, 3.8) is 0 Å². The quantitative estimate of drug-likeness (QED) is 0.279. The molecule has 0 bridgehead atoms. The van der Waals surface area contributed by atoms with E-state index in [2.05, 4.69) is 110 Å². The second-order valence-corrected chi connectivity index (χ2v) is 10.6. The van der Waals surface area contributed by atoms with Gasteiger partial charge in [-0.15, -0.1) is 15.3 Å². The Hall–Kier alpha value is -4.92. The van der Waals surface area contributed by atoms with E-state index in [9.17, 15) is 0 Å². The maximum Gasteiger partial charge on any atom is 0.247 e. The third-order valence-corrected chi connectivity index (χ3v) is 7.78. The molecule has 3 aromatic carbocycles. The van der Waals surface area contributed by atoms with Gasteiger partial charge < -0.3 is 8.98 Å². The van der Waals surface area contributed by atoms with Crippen LogP contribution < -0.4 is 0 Å². The molecule has 6 aromatic rings. The number of H-pyrrole nitrogens is 1. The molecular formula is C32H30N8O. The molecule has 0 saturated carbocycles. The minimum Gasteiger partial charge on any atom is -0.421 e. The Kier molecular flexibility index (Phi) is 6.26. The van der Waals surface area contributed by atoms with Crippen LogP contribution in [0, 0.1) is 13.8 Å². The van der Waals surface area contributed by atoms with E-state index in [1.807, 2.05) is 6.92 Å². The van der Waals surface area contributed by atoms with Gasteiger partial charge in [0.25, 0.3) is 0 Å². The maximum absolute atomic E-state index is 5.76. The first-order valence-electron chi connectivity index (χ1n) is 14.0. The van der Waals surface area contributed by atoms with Crippen molar-refractivity contribution in [2.24, 2.45) is 0 Å². The normalized spacial score (nSPS) is 13.9. The average Bonchev–Trinajstić information content (AvgIpc) is 3.71. The van der Waals surface area contributed by atoms with Crippen LogP contribution in [0.2, 0.25) is 0 Å². The summed E-state index contributed by atoms with van der Waals surface area (Å²) in [5.41, 5.74) is 11.6. The van der Waals surface area contributed by atoms with Gasteiger partial charge >= 0.3 is 0 Å². The number of imidazole rings is 1. The smallest absolute Gasteiger partial charge is 0.247 e. The summed E-state index contributed by atoms with van der Waals surface area (Å²) >= 11 is 0. The monoisotopic (exact) mass is 542 g/mol.